The quantitative estimate of drug-likeness (QED) is 0.0510. The Labute approximate surface area is 218 Å². The summed E-state index contributed by atoms with van der Waals surface area (Å²) in [6.07, 6.45) is 1.25. The first-order valence-electron chi connectivity index (χ1n) is 11.7. The molecule has 0 aliphatic carbocycles. The second kappa shape index (κ2) is 15.8. The van der Waals surface area contributed by atoms with Gasteiger partial charge in [0.25, 0.3) is 0 Å². The lowest BCUT2D eigenvalue weighted by Gasteiger charge is -2.25. The van der Waals surface area contributed by atoms with Crippen LogP contribution in [0.5, 0.6) is 0 Å². The number of aliphatic imine (C=N–C) groups is 1. The van der Waals surface area contributed by atoms with Crippen LogP contribution in [0.2, 0.25) is 0 Å². The minimum Gasteiger partial charge on any atom is -0.480 e. The normalized spacial score (nSPS) is 14.7. The summed E-state index contributed by atoms with van der Waals surface area (Å²) in [4.78, 5) is 71.7. The molecule has 212 valence electrons. The van der Waals surface area contributed by atoms with Gasteiger partial charge in [0.05, 0.1) is 18.5 Å². The minimum absolute atomic E-state index is 0.0314. The highest BCUT2D eigenvalue weighted by Gasteiger charge is 2.32. The highest BCUT2D eigenvalue weighted by atomic mass is 16.4. The zero-order valence-corrected chi connectivity index (χ0v) is 20.9. The molecule has 0 aromatic carbocycles. The van der Waals surface area contributed by atoms with Crippen molar-refractivity contribution in [2.45, 2.75) is 69.3 Å². The first-order chi connectivity index (χ1) is 17.8. The minimum atomic E-state index is -1.65. The summed E-state index contributed by atoms with van der Waals surface area (Å²) in [5, 5.41) is 26.0. The molecule has 0 spiro atoms. The maximum absolute atomic E-state index is 13.1. The van der Waals surface area contributed by atoms with Gasteiger partial charge < -0.3 is 54.1 Å². The molecule has 38 heavy (non-hydrogen) atoms. The van der Waals surface area contributed by atoms with Gasteiger partial charge in [-0.05, 0) is 26.2 Å². The molecular formula is C21H36N10O7. The smallest absolute Gasteiger partial charge is 0.328 e. The maximum Gasteiger partial charge on any atom is 0.328 e. The number of carbonyl (C=O) groups excluding carboxylic acids is 4. The number of primary amides is 1. The number of aromatic nitrogens is 2. The predicted molar refractivity (Wildman–Crippen MR) is 134 cm³/mol. The second-order valence-electron chi connectivity index (χ2n) is 8.53. The van der Waals surface area contributed by atoms with Gasteiger partial charge in [-0.15, -0.1) is 0 Å². The molecule has 0 bridgehead atoms. The van der Waals surface area contributed by atoms with E-state index < -0.39 is 59.9 Å². The number of hydrogen-bond acceptors (Lipinski definition) is 9. The van der Waals surface area contributed by atoms with Gasteiger partial charge >= 0.3 is 5.97 Å². The molecule has 1 rings (SSSR count). The fourth-order valence-electron chi connectivity index (χ4n) is 3.25. The summed E-state index contributed by atoms with van der Waals surface area (Å²) < 4.78 is 0. The van der Waals surface area contributed by atoms with Gasteiger partial charge in [-0.1, -0.05) is 0 Å². The van der Waals surface area contributed by atoms with Crippen LogP contribution in [-0.2, 0) is 30.4 Å². The molecule has 17 nitrogen and oxygen atoms in total. The number of rotatable bonds is 17. The molecule has 5 unspecified atom stereocenters. The molecular weight excluding hydrogens is 504 g/mol. The molecule has 0 saturated carbocycles. The van der Waals surface area contributed by atoms with Crippen molar-refractivity contribution in [3.8, 4) is 0 Å². The van der Waals surface area contributed by atoms with E-state index >= 15 is 0 Å². The van der Waals surface area contributed by atoms with Crippen LogP contribution < -0.4 is 38.9 Å². The number of hydrogen-bond donors (Lipinski definition) is 10. The number of aliphatic hydroxyl groups excluding tert-OH is 1. The molecule has 0 aliphatic rings. The molecule has 0 radical (unpaired) electrons. The first-order valence-corrected chi connectivity index (χ1v) is 11.7. The van der Waals surface area contributed by atoms with Crippen molar-refractivity contribution in [2.75, 3.05) is 6.54 Å². The van der Waals surface area contributed by atoms with E-state index in [0.717, 1.165) is 0 Å². The number of carboxylic acids is 1. The monoisotopic (exact) mass is 540 g/mol. The number of amides is 4. The van der Waals surface area contributed by atoms with Crippen LogP contribution in [0, 0.1) is 0 Å². The molecule has 5 atom stereocenters. The lowest BCUT2D eigenvalue weighted by molar-refractivity contribution is -0.145. The van der Waals surface area contributed by atoms with Crippen LogP contribution in [0.4, 0.5) is 0 Å². The highest BCUT2D eigenvalue weighted by molar-refractivity contribution is 5.94. The number of nitrogens with zero attached hydrogens (tertiary/aromatic N) is 2. The van der Waals surface area contributed by atoms with E-state index in [1.807, 2.05) is 0 Å². The molecule has 0 fully saturated rings. The van der Waals surface area contributed by atoms with Crippen molar-refractivity contribution >= 4 is 35.6 Å². The number of aromatic amines is 1. The number of H-pyrrole nitrogens is 1. The van der Waals surface area contributed by atoms with E-state index in [1.165, 1.54) is 19.4 Å². The van der Waals surface area contributed by atoms with Crippen molar-refractivity contribution in [2.24, 2.45) is 27.9 Å². The summed E-state index contributed by atoms with van der Waals surface area (Å²) >= 11 is 0. The van der Waals surface area contributed by atoms with Crippen LogP contribution >= 0.6 is 0 Å². The van der Waals surface area contributed by atoms with Crippen molar-refractivity contribution in [1.82, 2.24) is 25.9 Å². The molecule has 0 aliphatic heterocycles. The van der Waals surface area contributed by atoms with E-state index in [1.54, 1.807) is 0 Å². The fourth-order valence-corrected chi connectivity index (χ4v) is 3.25. The van der Waals surface area contributed by atoms with E-state index in [-0.39, 0.29) is 44.6 Å². The highest BCUT2D eigenvalue weighted by Crippen LogP contribution is 2.06. The van der Waals surface area contributed by atoms with Crippen molar-refractivity contribution < 1.29 is 34.2 Å². The van der Waals surface area contributed by atoms with Gasteiger partial charge in [0, 0.05) is 31.3 Å². The van der Waals surface area contributed by atoms with Gasteiger partial charge in [-0.2, -0.15) is 0 Å². The van der Waals surface area contributed by atoms with E-state index in [0.29, 0.717) is 5.69 Å². The Kier molecular flexibility index (Phi) is 13.2. The molecule has 1 aromatic heterocycles. The number of nitrogens with one attached hydrogen (secondary N) is 4. The zero-order chi connectivity index (χ0) is 28.8. The topological polar surface area (TPSA) is 307 Å². The SMILES string of the molecule is CC(O)C(NC(=O)C(CCCN=C(N)N)NC(=O)C(CCC(N)=O)NC(=O)C(N)Cc1cnc[nH]1)C(=O)O. The van der Waals surface area contributed by atoms with E-state index in [2.05, 4.69) is 30.9 Å². The Bertz CT molecular complexity index is 979. The largest absolute Gasteiger partial charge is 0.480 e. The van der Waals surface area contributed by atoms with Crippen LogP contribution in [0.25, 0.3) is 0 Å². The third-order valence-electron chi connectivity index (χ3n) is 5.27. The number of aliphatic hydroxyl groups is 1. The van der Waals surface area contributed by atoms with E-state index in [9.17, 15) is 34.2 Å². The predicted octanol–water partition coefficient (Wildman–Crippen LogP) is -4.48. The Balaban J connectivity index is 3.03. The van der Waals surface area contributed by atoms with Gasteiger partial charge in [0.1, 0.15) is 12.1 Å². The Morgan fingerprint density at radius 3 is 2.16 bits per heavy atom. The van der Waals surface area contributed by atoms with Crippen molar-refractivity contribution in [3.63, 3.8) is 0 Å². The average Bonchev–Trinajstić information content (AvgIpc) is 3.33. The standard InChI is InChI=1S/C21H36N10O7/c1-10(32)16(20(37)38)31-19(36)13(3-2-6-27-21(24)25)30-18(35)14(4-5-15(23)33)29-17(34)12(22)7-11-8-26-9-28-11/h8-10,12-14,16,32H,2-7,22H2,1H3,(H2,23,33)(H,26,28)(H,29,34)(H,30,35)(H,31,36)(H,37,38)(H4,24,25,27). The molecule has 0 saturated heterocycles. The summed E-state index contributed by atoms with van der Waals surface area (Å²) in [5.41, 5.74) is 22.3. The maximum atomic E-state index is 13.1. The first kappa shape index (κ1) is 31.8. The second-order valence-corrected chi connectivity index (χ2v) is 8.53. The van der Waals surface area contributed by atoms with Gasteiger partial charge in [0.2, 0.25) is 23.6 Å². The zero-order valence-electron chi connectivity index (χ0n) is 20.9. The van der Waals surface area contributed by atoms with Crippen LogP contribution in [0.1, 0.15) is 38.3 Å². The molecule has 17 heteroatoms. The van der Waals surface area contributed by atoms with Crippen molar-refractivity contribution in [3.05, 3.63) is 18.2 Å². The van der Waals surface area contributed by atoms with E-state index in [4.69, 9.17) is 22.9 Å². The summed E-state index contributed by atoms with van der Waals surface area (Å²) in [7, 11) is 0. The van der Waals surface area contributed by atoms with Crippen LogP contribution in [0.3, 0.4) is 0 Å². The van der Waals surface area contributed by atoms with Gasteiger partial charge in [-0.25, -0.2) is 9.78 Å². The number of aliphatic carboxylic acids is 1. The van der Waals surface area contributed by atoms with Gasteiger partial charge in [0.15, 0.2) is 12.0 Å². The number of carbonyl (C=O) groups is 5. The molecule has 1 aromatic rings. The summed E-state index contributed by atoms with van der Waals surface area (Å²) in [6, 6.07) is -5.32. The van der Waals surface area contributed by atoms with Crippen molar-refractivity contribution in [1.29, 1.82) is 0 Å². The number of guanidine groups is 1. The third-order valence-corrected chi connectivity index (χ3v) is 5.27. The number of nitrogens with two attached hydrogens (primary N) is 4. The summed E-state index contributed by atoms with van der Waals surface area (Å²) in [6.45, 7) is 1.28. The Morgan fingerprint density at radius 2 is 1.63 bits per heavy atom. The molecule has 4 amide bonds. The molecule has 1 heterocycles. The third kappa shape index (κ3) is 11.7. The average molecular weight is 541 g/mol. The lowest BCUT2D eigenvalue weighted by atomic mass is 10.1. The Morgan fingerprint density at radius 1 is 1.03 bits per heavy atom. The lowest BCUT2D eigenvalue weighted by Crippen LogP contribution is -2.58. The number of imidazole rings is 1. The fraction of sp³-hybridized carbons (Fsp3) is 0.571. The van der Waals surface area contributed by atoms with Crippen LogP contribution in [-0.4, -0.2) is 92.6 Å². The van der Waals surface area contributed by atoms with Gasteiger partial charge in [-0.3, -0.25) is 24.2 Å². The number of carboxylic acid groups (broad SMARTS) is 1. The summed E-state index contributed by atoms with van der Waals surface area (Å²) in [5.74, 6) is -4.87. The van der Waals surface area contributed by atoms with Crippen LogP contribution in [0.15, 0.2) is 17.5 Å². The molecule has 14 N–H and O–H groups in total. The Hall–Kier alpha value is -4.25.